The van der Waals surface area contributed by atoms with Crippen LogP contribution in [-0.2, 0) is 30.3 Å². The molecule has 2 heterocycles. The molecule has 2 aliphatic heterocycles. The van der Waals surface area contributed by atoms with Crippen LogP contribution in [0.5, 0.6) is 0 Å². The molecule has 2 fully saturated rings. The summed E-state index contributed by atoms with van der Waals surface area (Å²) in [6.45, 7) is 0.621. The minimum Gasteiger partial charge on any atom is -0.369 e. The first-order valence-corrected chi connectivity index (χ1v) is 16.7. The van der Waals surface area contributed by atoms with Crippen molar-refractivity contribution in [1.82, 2.24) is 0 Å². The number of azide groups is 1. The summed E-state index contributed by atoms with van der Waals surface area (Å²) in [5.74, 6) is 0. The largest absolute Gasteiger partial charge is 0.369 e. The van der Waals surface area contributed by atoms with Gasteiger partial charge in [0.2, 0.25) is 0 Å². The summed E-state index contributed by atoms with van der Waals surface area (Å²) in [4.78, 5) is 3.26. The molecule has 2 saturated heterocycles. The second-order valence-electron chi connectivity index (χ2n) is 11.6. The van der Waals surface area contributed by atoms with Crippen molar-refractivity contribution < 1.29 is 18.9 Å². The predicted molar refractivity (Wildman–Crippen MR) is 183 cm³/mol. The van der Waals surface area contributed by atoms with Gasteiger partial charge in [-0.05, 0) is 27.8 Å². The van der Waals surface area contributed by atoms with Crippen molar-refractivity contribution >= 4 is 11.8 Å². The highest BCUT2D eigenvalue weighted by molar-refractivity contribution is 8.01. The highest BCUT2D eigenvalue weighted by Gasteiger charge is 2.54. The number of thioether (sulfide) groups is 1. The maximum atomic E-state index is 9.83. The number of benzene rings is 5. The molecule has 7 nitrogen and oxygen atoms in total. The van der Waals surface area contributed by atoms with Crippen LogP contribution in [-0.4, -0.2) is 36.4 Å². The van der Waals surface area contributed by atoms with Gasteiger partial charge in [0.25, 0.3) is 0 Å². The van der Waals surface area contributed by atoms with Crippen molar-refractivity contribution in [3.05, 3.63) is 190 Å². The standard InChI is InChI=1S/C39H35N3O4S/c40-42-41-37-36(47-39(30-20-10-3-11-21-30,31-22-12-4-13-23-31)32-24-14-5-15-25-32)35(43-26-28-16-6-1-7-17-28)34-33(45-37)27-44-38(46-34)29-18-8-2-9-19-29/h1-25,33-38H,26-27H2/t33-,34-,35+,36-,37+,38-/m1/s1. The number of rotatable bonds is 10. The van der Waals surface area contributed by atoms with Gasteiger partial charge in [-0.15, -0.1) is 11.8 Å². The van der Waals surface area contributed by atoms with Gasteiger partial charge in [0, 0.05) is 10.5 Å². The Morgan fingerprint density at radius 3 is 1.74 bits per heavy atom. The fraction of sp³-hybridized carbons (Fsp3) is 0.231. The molecular formula is C39H35N3O4S. The van der Waals surface area contributed by atoms with E-state index in [9.17, 15) is 5.53 Å². The smallest absolute Gasteiger partial charge is 0.184 e. The van der Waals surface area contributed by atoms with Crippen molar-refractivity contribution in [1.29, 1.82) is 0 Å². The topological polar surface area (TPSA) is 85.7 Å². The van der Waals surface area contributed by atoms with Crippen LogP contribution in [0, 0.1) is 0 Å². The van der Waals surface area contributed by atoms with Gasteiger partial charge >= 0.3 is 0 Å². The third-order valence-corrected chi connectivity index (χ3v) is 10.5. The van der Waals surface area contributed by atoms with E-state index < -0.39 is 40.8 Å². The fourth-order valence-electron chi connectivity index (χ4n) is 6.50. The van der Waals surface area contributed by atoms with E-state index >= 15 is 0 Å². The number of nitrogens with zero attached hydrogens (tertiary/aromatic N) is 3. The average molecular weight is 642 g/mol. The molecule has 0 bridgehead atoms. The van der Waals surface area contributed by atoms with E-state index in [0.717, 1.165) is 27.8 Å². The van der Waals surface area contributed by atoms with Gasteiger partial charge in [0.15, 0.2) is 12.5 Å². The van der Waals surface area contributed by atoms with Crippen molar-refractivity contribution in [3.63, 3.8) is 0 Å². The summed E-state index contributed by atoms with van der Waals surface area (Å²) in [7, 11) is 0. The van der Waals surface area contributed by atoms with Crippen LogP contribution in [0.15, 0.2) is 157 Å². The van der Waals surface area contributed by atoms with Gasteiger partial charge in [-0.25, -0.2) is 0 Å². The van der Waals surface area contributed by atoms with Crippen molar-refractivity contribution in [2.24, 2.45) is 5.11 Å². The summed E-state index contributed by atoms with van der Waals surface area (Å²) >= 11 is 1.68. The Balaban J connectivity index is 1.37. The van der Waals surface area contributed by atoms with E-state index in [1.807, 2.05) is 78.9 Å². The maximum absolute atomic E-state index is 9.83. The lowest BCUT2D eigenvalue weighted by atomic mass is 9.84. The lowest BCUT2D eigenvalue weighted by molar-refractivity contribution is -0.313. The average Bonchev–Trinajstić information content (AvgIpc) is 3.15. The van der Waals surface area contributed by atoms with Crippen LogP contribution in [0.1, 0.15) is 34.1 Å². The minimum absolute atomic E-state index is 0.269. The molecule has 8 heteroatoms. The van der Waals surface area contributed by atoms with Gasteiger partial charge in [0.1, 0.15) is 18.3 Å². The number of ether oxygens (including phenoxy) is 4. The first kappa shape index (κ1) is 31.2. The SMILES string of the molecule is [N-]=[N+]=N[C@H]1O[C@@H]2CO[C@@H](c3ccccc3)O[C@H]2[C@H](OCc2ccccc2)[C@H]1SC(c1ccccc1)(c1ccccc1)c1ccccc1. The highest BCUT2D eigenvalue weighted by atomic mass is 32.2. The Hall–Kier alpha value is -4.40. The third kappa shape index (κ3) is 6.58. The first-order chi connectivity index (χ1) is 23.3. The quantitative estimate of drug-likeness (QED) is 0.0658. The zero-order chi connectivity index (χ0) is 31.9. The molecule has 0 N–H and O–H groups in total. The Kier molecular flexibility index (Phi) is 9.68. The molecular weight excluding hydrogens is 607 g/mol. The van der Waals surface area contributed by atoms with Crippen LogP contribution >= 0.6 is 11.8 Å². The summed E-state index contributed by atoms with van der Waals surface area (Å²) in [6.07, 6.45) is -2.97. The molecule has 0 saturated carbocycles. The Morgan fingerprint density at radius 2 is 1.21 bits per heavy atom. The molecule has 47 heavy (non-hydrogen) atoms. The monoisotopic (exact) mass is 641 g/mol. The van der Waals surface area contributed by atoms with Crippen LogP contribution in [0.25, 0.3) is 10.4 Å². The molecule has 0 aromatic heterocycles. The molecule has 0 aliphatic carbocycles. The summed E-state index contributed by atoms with van der Waals surface area (Å²) in [5, 5.41) is 3.77. The Bertz CT molecular complexity index is 1660. The van der Waals surface area contributed by atoms with E-state index in [2.05, 4.69) is 82.8 Å². The molecule has 236 valence electrons. The van der Waals surface area contributed by atoms with Gasteiger partial charge < -0.3 is 18.9 Å². The van der Waals surface area contributed by atoms with Gasteiger partial charge in [-0.1, -0.05) is 157 Å². The Morgan fingerprint density at radius 1 is 0.702 bits per heavy atom. The van der Waals surface area contributed by atoms with E-state index in [0.29, 0.717) is 6.61 Å². The third-order valence-electron chi connectivity index (χ3n) is 8.68. The van der Waals surface area contributed by atoms with Crippen LogP contribution < -0.4 is 0 Å². The fourth-order valence-corrected chi connectivity index (χ4v) is 8.32. The molecule has 0 spiro atoms. The van der Waals surface area contributed by atoms with Crippen molar-refractivity contribution in [2.45, 2.75) is 47.4 Å². The molecule has 5 aromatic carbocycles. The zero-order valence-electron chi connectivity index (χ0n) is 25.7. The number of hydrogen-bond donors (Lipinski definition) is 0. The normalized spacial score (nSPS) is 24.1. The predicted octanol–water partition coefficient (Wildman–Crippen LogP) is 8.82. The summed E-state index contributed by atoms with van der Waals surface area (Å²) in [5.41, 5.74) is 15.0. The van der Waals surface area contributed by atoms with E-state index in [1.165, 1.54) is 0 Å². The second-order valence-corrected chi connectivity index (χ2v) is 13.0. The van der Waals surface area contributed by atoms with Gasteiger partial charge in [-0.2, -0.15) is 0 Å². The van der Waals surface area contributed by atoms with Gasteiger partial charge in [-0.3, -0.25) is 0 Å². The molecule has 0 unspecified atom stereocenters. The van der Waals surface area contributed by atoms with Crippen LogP contribution in [0.2, 0.25) is 0 Å². The van der Waals surface area contributed by atoms with Crippen molar-refractivity contribution in [3.8, 4) is 0 Å². The van der Waals surface area contributed by atoms with E-state index in [-0.39, 0.29) is 6.61 Å². The maximum Gasteiger partial charge on any atom is 0.184 e. The molecule has 7 rings (SSSR count). The molecule has 0 amide bonds. The summed E-state index contributed by atoms with van der Waals surface area (Å²) in [6, 6.07) is 51.3. The van der Waals surface area contributed by atoms with E-state index in [4.69, 9.17) is 18.9 Å². The van der Waals surface area contributed by atoms with Crippen LogP contribution in [0.3, 0.4) is 0 Å². The van der Waals surface area contributed by atoms with Gasteiger partial charge in [0.05, 0.1) is 23.2 Å². The first-order valence-electron chi connectivity index (χ1n) is 15.8. The number of hydrogen-bond acceptors (Lipinski definition) is 6. The molecule has 6 atom stereocenters. The van der Waals surface area contributed by atoms with Crippen molar-refractivity contribution in [2.75, 3.05) is 6.61 Å². The molecule has 0 radical (unpaired) electrons. The molecule has 5 aromatic rings. The second kappa shape index (κ2) is 14.6. The van der Waals surface area contributed by atoms with Crippen LogP contribution in [0.4, 0.5) is 0 Å². The zero-order valence-corrected chi connectivity index (χ0v) is 26.5. The Labute approximate surface area is 279 Å². The number of fused-ring (bicyclic) bond motifs is 1. The highest BCUT2D eigenvalue weighted by Crippen LogP contribution is 2.54. The van der Waals surface area contributed by atoms with E-state index in [1.54, 1.807) is 11.8 Å². The molecule has 2 aliphatic rings. The summed E-state index contributed by atoms with van der Waals surface area (Å²) < 4.78 is 25.7. The lowest BCUT2D eigenvalue weighted by Crippen LogP contribution is -2.61. The lowest BCUT2D eigenvalue weighted by Gasteiger charge is -2.50. The minimum atomic E-state index is -0.858.